The number of nitrogens with one attached hydrogen (secondary N) is 1. The van der Waals surface area contributed by atoms with Crippen LogP contribution in [0.3, 0.4) is 0 Å². The number of aromatic nitrogens is 1. The molecule has 2 heterocycles. The first-order valence-electron chi connectivity index (χ1n) is 8.98. The average molecular weight is 365 g/mol. The maximum absolute atomic E-state index is 11.3. The van der Waals surface area contributed by atoms with E-state index in [9.17, 15) is 4.79 Å². The molecule has 0 unspecified atom stereocenters. The number of esters is 1. The zero-order valence-electron chi connectivity index (χ0n) is 14.9. The molecule has 0 atom stereocenters. The Kier molecular flexibility index (Phi) is 8.62. The third-order valence-electron chi connectivity index (χ3n) is 4.17. The highest BCUT2D eigenvalue weighted by atomic mass is 32.1. The number of carbonyl (C=O) groups is 1. The number of pyridine rings is 1. The molecule has 25 heavy (non-hydrogen) atoms. The van der Waals surface area contributed by atoms with Crippen molar-refractivity contribution in [2.45, 2.75) is 32.7 Å². The molecular weight excluding hydrogens is 336 g/mol. The van der Waals surface area contributed by atoms with Crippen molar-refractivity contribution >= 4 is 23.3 Å². The van der Waals surface area contributed by atoms with Crippen molar-refractivity contribution < 1.29 is 9.53 Å². The summed E-state index contributed by atoms with van der Waals surface area (Å²) in [6.07, 6.45) is 5.95. The van der Waals surface area contributed by atoms with Crippen LogP contribution in [0.15, 0.2) is 24.5 Å². The number of hydrogen-bond donors (Lipinski definition) is 1. The maximum Gasteiger partial charge on any atom is 0.305 e. The lowest BCUT2D eigenvalue weighted by atomic mass is 10.2. The lowest BCUT2D eigenvalue weighted by molar-refractivity contribution is -0.143. The van der Waals surface area contributed by atoms with E-state index in [0.717, 1.165) is 50.7 Å². The van der Waals surface area contributed by atoms with Crippen molar-refractivity contribution in [3.63, 3.8) is 0 Å². The molecule has 0 spiro atoms. The smallest absolute Gasteiger partial charge is 0.305 e. The van der Waals surface area contributed by atoms with E-state index in [1.54, 1.807) is 0 Å². The topological polar surface area (TPSA) is 57.7 Å². The van der Waals surface area contributed by atoms with Gasteiger partial charge >= 0.3 is 5.97 Å². The first kappa shape index (κ1) is 19.6. The molecule has 0 radical (unpaired) electrons. The zero-order chi connectivity index (χ0) is 17.9. The summed E-state index contributed by atoms with van der Waals surface area (Å²) in [4.78, 5) is 20.1. The molecule has 1 aliphatic heterocycles. The molecule has 2 rings (SSSR count). The van der Waals surface area contributed by atoms with Crippen LogP contribution in [0.2, 0.25) is 0 Å². The monoisotopic (exact) mass is 364 g/mol. The van der Waals surface area contributed by atoms with Crippen molar-refractivity contribution in [1.29, 1.82) is 0 Å². The van der Waals surface area contributed by atoms with E-state index in [1.165, 1.54) is 5.56 Å². The summed E-state index contributed by atoms with van der Waals surface area (Å²) >= 11 is 5.50. The van der Waals surface area contributed by atoms with E-state index in [0.29, 0.717) is 19.6 Å². The van der Waals surface area contributed by atoms with Crippen LogP contribution in [0.1, 0.15) is 31.7 Å². The van der Waals surface area contributed by atoms with E-state index >= 15 is 0 Å². The highest BCUT2D eigenvalue weighted by molar-refractivity contribution is 7.80. The Morgan fingerprint density at radius 1 is 1.28 bits per heavy atom. The molecule has 0 amide bonds. The summed E-state index contributed by atoms with van der Waals surface area (Å²) in [5.41, 5.74) is 1.29. The van der Waals surface area contributed by atoms with Crippen LogP contribution < -0.4 is 5.32 Å². The minimum atomic E-state index is -0.142. The quantitative estimate of drug-likeness (QED) is 0.450. The fourth-order valence-corrected chi connectivity index (χ4v) is 3.14. The largest absolute Gasteiger partial charge is 0.466 e. The number of ether oxygens (including phenoxy) is 1. The van der Waals surface area contributed by atoms with Crippen LogP contribution in [-0.4, -0.2) is 65.2 Å². The van der Waals surface area contributed by atoms with Crippen LogP contribution >= 0.6 is 12.2 Å². The second-order valence-electron chi connectivity index (χ2n) is 6.11. The van der Waals surface area contributed by atoms with Gasteiger partial charge in [0.15, 0.2) is 5.11 Å². The van der Waals surface area contributed by atoms with Gasteiger partial charge in [-0.15, -0.1) is 0 Å². The van der Waals surface area contributed by atoms with Gasteiger partial charge in [-0.3, -0.25) is 14.7 Å². The molecule has 1 aliphatic rings. The molecule has 0 aliphatic carbocycles. The lowest BCUT2D eigenvalue weighted by Crippen LogP contribution is -2.42. The molecule has 7 heteroatoms. The normalized spacial score (nSPS) is 15.5. The minimum Gasteiger partial charge on any atom is -0.466 e. The van der Waals surface area contributed by atoms with E-state index in [2.05, 4.69) is 32.2 Å². The first-order valence-corrected chi connectivity index (χ1v) is 9.39. The molecule has 1 aromatic rings. The minimum absolute atomic E-state index is 0.142. The number of carbonyl (C=O) groups excluding carboxylic acids is 1. The highest BCUT2D eigenvalue weighted by Crippen LogP contribution is 2.08. The Hall–Kier alpha value is -1.73. The Labute approximate surface area is 155 Å². The SMILES string of the molecule is CCOC(=O)CCCNC(=S)N1CCCN(Cc2ccncc2)CC1. The molecule has 1 aromatic heterocycles. The van der Waals surface area contributed by atoms with Gasteiger partial charge in [-0.2, -0.15) is 0 Å². The average Bonchev–Trinajstić information content (AvgIpc) is 2.85. The van der Waals surface area contributed by atoms with Crippen molar-refractivity contribution in [1.82, 2.24) is 20.1 Å². The summed E-state index contributed by atoms with van der Waals surface area (Å²) in [6, 6.07) is 4.14. The summed E-state index contributed by atoms with van der Waals surface area (Å²) in [7, 11) is 0. The standard InChI is InChI=1S/C18H28N4O2S/c1-2-24-17(23)5-3-8-20-18(25)22-12-4-11-21(13-14-22)15-16-6-9-19-10-7-16/h6-7,9-10H,2-5,8,11-15H2,1H3,(H,20,25). The van der Waals surface area contributed by atoms with E-state index in [4.69, 9.17) is 17.0 Å². The van der Waals surface area contributed by atoms with Crippen molar-refractivity contribution in [2.24, 2.45) is 0 Å². The van der Waals surface area contributed by atoms with Gasteiger partial charge in [0.2, 0.25) is 0 Å². The highest BCUT2D eigenvalue weighted by Gasteiger charge is 2.16. The molecule has 6 nitrogen and oxygen atoms in total. The van der Waals surface area contributed by atoms with Gasteiger partial charge in [-0.25, -0.2) is 0 Å². The van der Waals surface area contributed by atoms with Crippen LogP contribution in [0.25, 0.3) is 0 Å². The number of hydrogen-bond acceptors (Lipinski definition) is 5. The van der Waals surface area contributed by atoms with Gasteiger partial charge in [0.1, 0.15) is 0 Å². The second-order valence-corrected chi connectivity index (χ2v) is 6.50. The molecule has 1 N–H and O–H groups in total. The number of thiocarbonyl (C=S) groups is 1. The van der Waals surface area contributed by atoms with Gasteiger partial charge in [0.25, 0.3) is 0 Å². The summed E-state index contributed by atoms with van der Waals surface area (Å²) in [5.74, 6) is -0.142. The third-order valence-corrected chi connectivity index (χ3v) is 4.57. The molecular formula is C18H28N4O2S. The predicted octanol–water partition coefficient (Wildman–Crippen LogP) is 1.81. The van der Waals surface area contributed by atoms with Crippen molar-refractivity contribution in [2.75, 3.05) is 39.3 Å². The van der Waals surface area contributed by atoms with Crippen LogP contribution in [0.5, 0.6) is 0 Å². The first-order chi connectivity index (χ1) is 12.2. The zero-order valence-corrected chi connectivity index (χ0v) is 15.8. The molecule has 1 saturated heterocycles. The fraction of sp³-hybridized carbons (Fsp3) is 0.611. The van der Waals surface area contributed by atoms with E-state index in [1.807, 2.05) is 19.3 Å². The van der Waals surface area contributed by atoms with E-state index < -0.39 is 0 Å². The number of nitrogens with zero attached hydrogens (tertiary/aromatic N) is 3. The number of rotatable bonds is 7. The molecule has 138 valence electrons. The molecule has 0 aromatic carbocycles. The summed E-state index contributed by atoms with van der Waals surface area (Å²) in [5, 5.41) is 4.05. The van der Waals surface area contributed by atoms with Crippen LogP contribution in [0.4, 0.5) is 0 Å². The Bertz CT molecular complexity index is 541. The predicted molar refractivity (Wildman–Crippen MR) is 102 cm³/mol. The Balaban J connectivity index is 1.67. The Morgan fingerprint density at radius 3 is 2.84 bits per heavy atom. The second kappa shape index (κ2) is 11.0. The van der Waals surface area contributed by atoms with Crippen LogP contribution in [0, 0.1) is 0 Å². The van der Waals surface area contributed by atoms with Crippen LogP contribution in [-0.2, 0) is 16.1 Å². The van der Waals surface area contributed by atoms with E-state index in [-0.39, 0.29) is 5.97 Å². The fourth-order valence-electron chi connectivity index (χ4n) is 2.85. The summed E-state index contributed by atoms with van der Waals surface area (Å²) < 4.78 is 4.92. The van der Waals surface area contributed by atoms with Gasteiger partial charge in [0, 0.05) is 58.1 Å². The molecule has 1 fully saturated rings. The maximum atomic E-state index is 11.3. The van der Waals surface area contributed by atoms with Crippen molar-refractivity contribution in [3.8, 4) is 0 Å². The molecule has 0 saturated carbocycles. The van der Waals surface area contributed by atoms with Gasteiger partial charge < -0.3 is 15.0 Å². The van der Waals surface area contributed by atoms with Gasteiger partial charge in [0.05, 0.1) is 6.61 Å². The lowest BCUT2D eigenvalue weighted by Gasteiger charge is -2.24. The van der Waals surface area contributed by atoms with Gasteiger partial charge in [-0.1, -0.05) is 0 Å². The van der Waals surface area contributed by atoms with Gasteiger partial charge in [-0.05, 0) is 49.7 Å². The third kappa shape index (κ3) is 7.36. The summed E-state index contributed by atoms with van der Waals surface area (Å²) in [6.45, 7) is 7.88. The molecule has 0 bridgehead atoms. The Morgan fingerprint density at radius 2 is 2.08 bits per heavy atom. The van der Waals surface area contributed by atoms with Crippen molar-refractivity contribution in [3.05, 3.63) is 30.1 Å².